The lowest BCUT2D eigenvalue weighted by molar-refractivity contribution is -0.384. The second-order valence-electron chi connectivity index (χ2n) is 4.23. The predicted molar refractivity (Wildman–Crippen MR) is 65.5 cm³/mol. The van der Waals surface area contributed by atoms with Crippen LogP contribution >= 0.6 is 11.6 Å². The van der Waals surface area contributed by atoms with Crippen LogP contribution in [0.3, 0.4) is 0 Å². The number of piperidine rings is 1. The van der Waals surface area contributed by atoms with E-state index >= 15 is 0 Å². The topological polar surface area (TPSA) is 66.6 Å². The first-order valence-corrected chi connectivity index (χ1v) is 5.93. The molecule has 0 spiro atoms. The number of halogens is 2. The van der Waals surface area contributed by atoms with Crippen molar-refractivity contribution in [3.8, 4) is 0 Å². The average molecular weight is 275 g/mol. The second-order valence-corrected chi connectivity index (χ2v) is 4.64. The molecular formula is C11H12ClFN2O3. The number of aliphatic hydroxyl groups is 1. The minimum atomic E-state index is -0.802. The molecule has 1 aliphatic rings. The molecule has 7 heteroatoms. The van der Waals surface area contributed by atoms with Crippen LogP contribution < -0.4 is 4.90 Å². The van der Waals surface area contributed by atoms with Gasteiger partial charge in [0.1, 0.15) is 11.5 Å². The molecule has 18 heavy (non-hydrogen) atoms. The number of nitro groups is 1. The summed E-state index contributed by atoms with van der Waals surface area (Å²) in [4.78, 5) is 12.0. The summed E-state index contributed by atoms with van der Waals surface area (Å²) >= 11 is 5.66. The van der Waals surface area contributed by atoms with Gasteiger partial charge in [0.2, 0.25) is 0 Å². The molecule has 1 aromatic rings. The maximum atomic E-state index is 13.3. The van der Waals surface area contributed by atoms with Gasteiger partial charge in [-0.1, -0.05) is 11.6 Å². The standard InChI is InChI=1S/C11H12ClFN2O3/c12-8-5-10(11(15(17)18)6-9(8)13)14-3-1-7(16)2-4-14/h5-7,16H,1-4H2. The first kappa shape index (κ1) is 13.0. The highest BCUT2D eigenvalue weighted by Crippen LogP contribution is 2.34. The molecule has 0 unspecified atom stereocenters. The highest BCUT2D eigenvalue weighted by atomic mass is 35.5. The first-order valence-electron chi connectivity index (χ1n) is 5.55. The van der Waals surface area contributed by atoms with Gasteiger partial charge in [0, 0.05) is 13.1 Å². The molecule has 0 atom stereocenters. The fraction of sp³-hybridized carbons (Fsp3) is 0.455. The third-order valence-corrected chi connectivity index (χ3v) is 3.31. The molecule has 0 bridgehead atoms. The number of anilines is 1. The molecule has 1 aliphatic heterocycles. The van der Waals surface area contributed by atoms with E-state index < -0.39 is 10.7 Å². The molecule has 5 nitrogen and oxygen atoms in total. The third kappa shape index (κ3) is 2.54. The van der Waals surface area contributed by atoms with Gasteiger partial charge in [-0.3, -0.25) is 10.1 Å². The minimum absolute atomic E-state index is 0.137. The summed E-state index contributed by atoms with van der Waals surface area (Å²) in [6, 6.07) is 2.11. The Morgan fingerprint density at radius 1 is 1.44 bits per heavy atom. The lowest BCUT2D eigenvalue weighted by Gasteiger charge is -2.31. The molecule has 1 N–H and O–H groups in total. The van der Waals surface area contributed by atoms with Crippen molar-refractivity contribution < 1.29 is 14.4 Å². The highest BCUT2D eigenvalue weighted by molar-refractivity contribution is 6.31. The molecule has 0 aromatic heterocycles. The molecule has 1 heterocycles. The van der Waals surface area contributed by atoms with Crippen LogP contribution in [0.15, 0.2) is 12.1 Å². The van der Waals surface area contributed by atoms with Crippen molar-refractivity contribution in [2.75, 3.05) is 18.0 Å². The van der Waals surface area contributed by atoms with E-state index in [1.54, 1.807) is 4.90 Å². The van der Waals surface area contributed by atoms with Gasteiger partial charge in [0.25, 0.3) is 5.69 Å². The Labute approximate surface area is 108 Å². The van der Waals surface area contributed by atoms with E-state index in [2.05, 4.69) is 0 Å². The van der Waals surface area contributed by atoms with Gasteiger partial charge < -0.3 is 10.0 Å². The van der Waals surface area contributed by atoms with E-state index in [9.17, 15) is 19.6 Å². The van der Waals surface area contributed by atoms with Crippen molar-refractivity contribution >= 4 is 23.0 Å². The van der Waals surface area contributed by atoms with Crippen LogP contribution in [0, 0.1) is 15.9 Å². The number of hydrogen-bond donors (Lipinski definition) is 1. The predicted octanol–water partition coefficient (Wildman–Crippen LogP) is 2.35. The van der Waals surface area contributed by atoms with Crippen LogP contribution in [0.25, 0.3) is 0 Å². The zero-order chi connectivity index (χ0) is 13.3. The molecule has 1 aromatic carbocycles. The van der Waals surface area contributed by atoms with Crippen LogP contribution in [0.5, 0.6) is 0 Å². The molecule has 0 saturated carbocycles. The van der Waals surface area contributed by atoms with Gasteiger partial charge in [-0.15, -0.1) is 0 Å². The molecule has 1 saturated heterocycles. The number of nitrogens with zero attached hydrogens (tertiary/aromatic N) is 2. The van der Waals surface area contributed by atoms with Crippen molar-refractivity contribution in [1.82, 2.24) is 0 Å². The zero-order valence-corrected chi connectivity index (χ0v) is 10.2. The summed E-state index contributed by atoms with van der Waals surface area (Å²) in [5.41, 5.74) is 0.00610. The summed E-state index contributed by atoms with van der Waals surface area (Å²) in [5, 5.41) is 20.2. The van der Waals surface area contributed by atoms with Crippen molar-refractivity contribution in [2.24, 2.45) is 0 Å². The molecule has 2 rings (SSSR count). The fourth-order valence-electron chi connectivity index (χ4n) is 2.03. The van der Waals surface area contributed by atoms with Gasteiger partial charge >= 0.3 is 0 Å². The van der Waals surface area contributed by atoms with Crippen molar-refractivity contribution in [3.05, 3.63) is 33.1 Å². The molecule has 0 radical (unpaired) electrons. The zero-order valence-electron chi connectivity index (χ0n) is 9.47. The van der Waals surface area contributed by atoms with Crippen molar-refractivity contribution in [2.45, 2.75) is 18.9 Å². The number of hydrogen-bond acceptors (Lipinski definition) is 4. The maximum absolute atomic E-state index is 13.3. The van der Waals surface area contributed by atoms with Gasteiger partial charge in [-0.25, -0.2) is 4.39 Å². The lowest BCUT2D eigenvalue weighted by Crippen LogP contribution is -2.36. The van der Waals surface area contributed by atoms with E-state index in [1.165, 1.54) is 6.07 Å². The van der Waals surface area contributed by atoms with E-state index in [0.29, 0.717) is 31.6 Å². The Bertz CT molecular complexity index is 476. The first-order chi connectivity index (χ1) is 8.49. The van der Waals surface area contributed by atoms with E-state index in [1.807, 2.05) is 0 Å². The summed E-state index contributed by atoms with van der Waals surface area (Å²) in [6.07, 6.45) is 0.689. The Kier molecular flexibility index (Phi) is 3.68. The Balaban J connectivity index is 2.36. The normalized spacial score (nSPS) is 16.9. The second kappa shape index (κ2) is 5.07. The van der Waals surface area contributed by atoms with Gasteiger partial charge in [-0.05, 0) is 18.9 Å². The molecule has 1 fully saturated rings. The Morgan fingerprint density at radius 3 is 2.61 bits per heavy atom. The molecular weight excluding hydrogens is 263 g/mol. The van der Waals surface area contributed by atoms with Crippen molar-refractivity contribution in [1.29, 1.82) is 0 Å². The highest BCUT2D eigenvalue weighted by Gasteiger charge is 2.25. The smallest absolute Gasteiger partial charge is 0.295 e. The summed E-state index contributed by atoms with van der Waals surface area (Å²) in [7, 11) is 0. The Morgan fingerprint density at radius 2 is 2.06 bits per heavy atom. The van der Waals surface area contributed by atoms with Crippen LogP contribution in [0.4, 0.5) is 15.8 Å². The van der Waals surface area contributed by atoms with Crippen molar-refractivity contribution in [3.63, 3.8) is 0 Å². The monoisotopic (exact) mass is 274 g/mol. The van der Waals surface area contributed by atoms with E-state index in [0.717, 1.165) is 6.07 Å². The largest absolute Gasteiger partial charge is 0.393 e. The van der Waals surface area contributed by atoms with Crippen LogP contribution in [0.2, 0.25) is 5.02 Å². The Hall–Kier alpha value is -1.40. The molecule has 0 amide bonds. The van der Waals surface area contributed by atoms with Gasteiger partial charge in [0.15, 0.2) is 0 Å². The summed E-state index contributed by atoms with van der Waals surface area (Å²) in [6.45, 7) is 0.980. The molecule has 98 valence electrons. The van der Waals surface area contributed by atoms with Gasteiger partial charge in [0.05, 0.1) is 22.1 Å². The molecule has 0 aliphatic carbocycles. The number of rotatable bonds is 2. The summed E-state index contributed by atoms with van der Waals surface area (Å²) < 4.78 is 13.3. The fourth-order valence-corrected chi connectivity index (χ4v) is 2.19. The average Bonchev–Trinajstić information content (AvgIpc) is 2.33. The minimum Gasteiger partial charge on any atom is -0.393 e. The van der Waals surface area contributed by atoms with Crippen LogP contribution in [-0.4, -0.2) is 29.2 Å². The quantitative estimate of drug-likeness (QED) is 0.664. The maximum Gasteiger partial charge on any atom is 0.295 e. The van der Waals surface area contributed by atoms with E-state index in [-0.39, 0.29) is 16.8 Å². The van der Waals surface area contributed by atoms with Gasteiger partial charge in [-0.2, -0.15) is 0 Å². The third-order valence-electron chi connectivity index (χ3n) is 3.02. The van der Waals surface area contributed by atoms with Crippen LogP contribution in [0.1, 0.15) is 12.8 Å². The SMILES string of the molecule is O=[N+]([O-])c1cc(F)c(Cl)cc1N1CCC(O)CC1. The number of aliphatic hydroxyl groups excluding tert-OH is 1. The number of nitro benzene ring substituents is 1. The van der Waals surface area contributed by atoms with Crippen LogP contribution in [-0.2, 0) is 0 Å². The van der Waals surface area contributed by atoms with E-state index in [4.69, 9.17) is 11.6 Å². The summed E-state index contributed by atoms with van der Waals surface area (Å²) in [5.74, 6) is -0.802. The number of benzene rings is 1. The lowest BCUT2D eigenvalue weighted by atomic mass is 10.1.